The minimum Gasteiger partial charge on any atom is -0.295 e. The fraction of sp³-hybridized carbons (Fsp3) is 1.00. The van der Waals surface area contributed by atoms with Crippen LogP contribution < -0.4 is 5.14 Å². The Morgan fingerprint density at radius 3 is 2.00 bits per heavy atom. The number of hydrogen-bond acceptors (Lipinski definition) is 3. The van der Waals surface area contributed by atoms with Gasteiger partial charge < -0.3 is 0 Å². The maximum absolute atomic E-state index is 11.3. The van der Waals surface area contributed by atoms with Crippen molar-refractivity contribution in [3.63, 3.8) is 0 Å². The fourth-order valence-electron chi connectivity index (χ4n) is 3.27. The first-order valence-corrected chi connectivity index (χ1v) is 7.29. The summed E-state index contributed by atoms with van der Waals surface area (Å²) in [7, 11) is -3.33. The summed E-state index contributed by atoms with van der Waals surface area (Å²) in [6.07, 6.45) is 3.73. The van der Waals surface area contributed by atoms with Crippen LogP contribution in [0.4, 0.5) is 0 Å². The van der Waals surface area contributed by atoms with Crippen LogP contribution in [0.2, 0.25) is 0 Å². The van der Waals surface area contributed by atoms with Crippen LogP contribution in [0.25, 0.3) is 0 Å². The van der Waals surface area contributed by atoms with Gasteiger partial charge in [0.15, 0.2) is 0 Å². The van der Waals surface area contributed by atoms with E-state index in [4.69, 9.17) is 5.14 Å². The average Bonchev–Trinajstić information content (AvgIpc) is 2.35. The zero-order valence-electron chi connectivity index (χ0n) is 9.39. The van der Waals surface area contributed by atoms with E-state index in [0.717, 1.165) is 25.7 Å². The summed E-state index contributed by atoms with van der Waals surface area (Å²) in [6, 6.07) is 1.39. The van der Waals surface area contributed by atoms with Gasteiger partial charge in [0.05, 0.1) is 5.25 Å². The van der Waals surface area contributed by atoms with Crippen molar-refractivity contribution in [2.75, 3.05) is 0 Å². The number of piperidine rings is 1. The summed E-state index contributed by atoms with van der Waals surface area (Å²) >= 11 is 0. The molecule has 2 heterocycles. The van der Waals surface area contributed by atoms with Gasteiger partial charge >= 0.3 is 0 Å². The maximum Gasteiger partial charge on any atom is 0.212 e. The second-order valence-corrected chi connectivity index (χ2v) is 6.95. The van der Waals surface area contributed by atoms with E-state index in [1.165, 1.54) is 0 Å². The molecule has 2 N–H and O–H groups in total. The van der Waals surface area contributed by atoms with Crippen molar-refractivity contribution in [2.24, 2.45) is 5.14 Å². The second-order valence-electron chi connectivity index (χ2n) is 5.11. The first-order chi connectivity index (χ1) is 6.89. The minimum absolute atomic E-state index is 0.301. The molecule has 0 saturated carbocycles. The third-order valence-electron chi connectivity index (χ3n) is 3.81. The largest absolute Gasteiger partial charge is 0.295 e. The molecule has 2 aliphatic heterocycles. The Hall–Kier alpha value is -0.130. The molecule has 0 spiro atoms. The molecule has 2 saturated heterocycles. The van der Waals surface area contributed by atoms with Gasteiger partial charge in [0, 0.05) is 18.1 Å². The lowest BCUT2D eigenvalue weighted by Gasteiger charge is -2.40. The molecule has 15 heavy (non-hydrogen) atoms. The zero-order valence-corrected chi connectivity index (χ0v) is 10.2. The van der Waals surface area contributed by atoms with Gasteiger partial charge in [-0.1, -0.05) is 0 Å². The molecule has 0 aromatic rings. The van der Waals surface area contributed by atoms with Gasteiger partial charge in [0.2, 0.25) is 10.0 Å². The molecule has 0 aromatic heterocycles. The lowest BCUT2D eigenvalue weighted by atomic mass is 10.0. The van der Waals surface area contributed by atoms with Crippen molar-refractivity contribution in [3.05, 3.63) is 0 Å². The molecular formula is C10H20N2O2S. The first kappa shape index (κ1) is 11.4. The van der Waals surface area contributed by atoms with Gasteiger partial charge in [-0.15, -0.1) is 0 Å². The highest BCUT2D eigenvalue weighted by Gasteiger charge is 2.44. The third kappa shape index (κ3) is 2.05. The summed E-state index contributed by atoms with van der Waals surface area (Å²) in [5, 5.41) is 4.94. The molecule has 3 atom stereocenters. The molecule has 2 bridgehead atoms. The molecule has 2 aliphatic rings. The van der Waals surface area contributed by atoms with Crippen LogP contribution in [-0.2, 0) is 10.0 Å². The number of nitrogens with two attached hydrogens (primary N) is 1. The highest BCUT2D eigenvalue weighted by atomic mass is 32.2. The molecular weight excluding hydrogens is 212 g/mol. The molecule has 0 aromatic carbocycles. The molecule has 0 amide bonds. The van der Waals surface area contributed by atoms with E-state index in [-0.39, 0.29) is 5.25 Å². The van der Waals surface area contributed by atoms with Crippen LogP contribution in [0.1, 0.15) is 39.5 Å². The first-order valence-electron chi connectivity index (χ1n) is 5.68. The van der Waals surface area contributed by atoms with E-state index in [1.807, 2.05) is 0 Å². The standard InChI is InChI=1S/C10H20N2O2S/c1-7(2)12-8-3-4-9(12)6-10(5-8)15(11,13)14/h7-10H,3-6H2,1-2H3,(H2,11,13,14)/t8-,9+,10+. The van der Waals surface area contributed by atoms with Crippen LogP contribution in [-0.4, -0.2) is 36.7 Å². The van der Waals surface area contributed by atoms with E-state index in [1.54, 1.807) is 0 Å². The number of fused-ring (bicyclic) bond motifs is 2. The minimum atomic E-state index is -3.33. The molecule has 4 nitrogen and oxygen atoms in total. The van der Waals surface area contributed by atoms with Crippen LogP contribution in [0.5, 0.6) is 0 Å². The maximum atomic E-state index is 11.3. The van der Waals surface area contributed by atoms with Crippen molar-refractivity contribution in [2.45, 2.75) is 62.9 Å². The highest BCUT2D eigenvalue weighted by Crippen LogP contribution is 2.38. The van der Waals surface area contributed by atoms with Gasteiger partial charge in [-0.25, -0.2) is 13.6 Å². The Labute approximate surface area is 91.9 Å². The summed E-state index contributed by atoms with van der Waals surface area (Å²) in [6.45, 7) is 4.37. The lowest BCUT2D eigenvalue weighted by molar-refractivity contribution is 0.106. The number of nitrogens with zero attached hydrogens (tertiary/aromatic N) is 1. The van der Waals surface area contributed by atoms with Gasteiger partial charge in [0.25, 0.3) is 0 Å². The van der Waals surface area contributed by atoms with Gasteiger partial charge in [0.1, 0.15) is 0 Å². The summed E-state index contributed by atoms with van der Waals surface area (Å²) < 4.78 is 22.7. The second kappa shape index (κ2) is 3.71. The van der Waals surface area contributed by atoms with Crippen LogP contribution in [0.15, 0.2) is 0 Å². The monoisotopic (exact) mass is 232 g/mol. The smallest absolute Gasteiger partial charge is 0.212 e. The van der Waals surface area contributed by atoms with E-state index in [0.29, 0.717) is 18.1 Å². The predicted molar refractivity (Wildman–Crippen MR) is 59.9 cm³/mol. The summed E-state index contributed by atoms with van der Waals surface area (Å²) in [5.74, 6) is 0. The Balaban J connectivity index is 2.15. The Kier molecular flexibility index (Phi) is 2.81. The molecule has 0 unspecified atom stereocenters. The zero-order chi connectivity index (χ0) is 11.2. The van der Waals surface area contributed by atoms with Gasteiger partial charge in [-0.3, -0.25) is 4.90 Å². The van der Waals surface area contributed by atoms with Crippen molar-refractivity contribution >= 4 is 10.0 Å². The Morgan fingerprint density at radius 2 is 1.67 bits per heavy atom. The van der Waals surface area contributed by atoms with E-state index in [9.17, 15) is 8.42 Å². The van der Waals surface area contributed by atoms with E-state index < -0.39 is 10.0 Å². The number of hydrogen-bond donors (Lipinski definition) is 1. The van der Waals surface area contributed by atoms with Crippen LogP contribution in [0, 0.1) is 0 Å². The topological polar surface area (TPSA) is 63.4 Å². The number of sulfonamides is 1. The third-order valence-corrected chi connectivity index (χ3v) is 5.12. The number of primary sulfonamides is 1. The van der Waals surface area contributed by atoms with E-state index in [2.05, 4.69) is 18.7 Å². The molecule has 5 heteroatoms. The average molecular weight is 232 g/mol. The highest BCUT2D eigenvalue weighted by molar-refractivity contribution is 7.89. The van der Waals surface area contributed by atoms with Crippen LogP contribution >= 0.6 is 0 Å². The lowest BCUT2D eigenvalue weighted by Crippen LogP contribution is -2.50. The molecule has 0 aliphatic carbocycles. The molecule has 2 fully saturated rings. The predicted octanol–water partition coefficient (Wildman–Crippen LogP) is 0.679. The SMILES string of the molecule is CC(C)N1[C@@H]2CC[C@H]1C[C@@H](S(N)(=O)=O)C2. The van der Waals surface area contributed by atoms with E-state index >= 15 is 0 Å². The summed E-state index contributed by atoms with van der Waals surface area (Å²) in [5.41, 5.74) is 0. The quantitative estimate of drug-likeness (QED) is 0.761. The summed E-state index contributed by atoms with van der Waals surface area (Å²) in [4.78, 5) is 2.47. The van der Waals surface area contributed by atoms with Crippen LogP contribution in [0.3, 0.4) is 0 Å². The number of rotatable bonds is 2. The van der Waals surface area contributed by atoms with Crippen molar-refractivity contribution in [1.29, 1.82) is 0 Å². The van der Waals surface area contributed by atoms with Crippen molar-refractivity contribution in [1.82, 2.24) is 4.90 Å². The Morgan fingerprint density at radius 1 is 1.20 bits per heavy atom. The normalized spacial score (nSPS) is 37.5. The van der Waals surface area contributed by atoms with Gasteiger partial charge in [-0.2, -0.15) is 0 Å². The van der Waals surface area contributed by atoms with Crippen molar-refractivity contribution in [3.8, 4) is 0 Å². The Bertz CT molecular complexity index is 325. The molecule has 88 valence electrons. The van der Waals surface area contributed by atoms with Gasteiger partial charge in [-0.05, 0) is 39.5 Å². The van der Waals surface area contributed by atoms with Crippen molar-refractivity contribution < 1.29 is 8.42 Å². The fourth-order valence-corrected chi connectivity index (χ4v) is 4.26. The molecule has 0 radical (unpaired) electrons. The molecule has 2 rings (SSSR count).